The van der Waals surface area contributed by atoms with Crippen LogP contribution in [-0.2, 0) is 0 Å². The average Bonchev–Trinajstić information content (AvgIpc) is 3.28. The van der Waals surface area contributed by atoms with Gasteiger partial charge in [-0.3, -0.25) is 4.90 Å². The summed E-state index contributed by atoms with van der Waals surface area (Å²) >= 11 is 0. The van der Waals surface area contributed by atoms with Gasteiger partial charge in [0.15, 0.2) is 0 Å². The maximum Gasteiger partial charge on any atom is 0.0388 e. The first kappa shape index (κ1) is 15.1. The summed E-state index contributed by atoms with van der Waals surface area (Å²) in [6.45, 7) is 6.92. The van der Waals surface area contributed by atoms with Crippen molar-refractivity contribution >= 4 is 0 Å². The smallest absolute Gasteiger partial charge is 0.0388 e. The second kappa shape index (κ2) is 6.50. The molecule has 0 amide bonds. The summed E-state index contributed by atoms with van der Waals surface area (Å²) in [6, 6.07) is 8.37. The van der Waals surface area contributed by atoms with E-state index < -0.39 is 0 Å². The molecule has 21 heavy (non-hydrogen) atoms. The summed E-state index contributed by atoms with van der Waals surface area (Å²) in [5, 5.41) is 3.78. The van der Waals surface area contributed by atoms with Crippen LogP contribution in [-0.4, -0.2) is 31.1 Å². The molecule has 0 spiro atoms. The number of benzene rings is 1. The molecule has 2 unspecified atom stereocenters. The zero-order chi connectivity index (χ0) is 14.8. The van der Waals surface area contributed by atoms with Gasteiger partial charge in [-0.1, -0.05) is 30.2 Å². The lowest BCUT2D eigenvalue weighted by atomic mass is 9.86. The monoisotopic (exact) mass is 286 g/mol. The van der Waals surface area contributed by atoms with Gasteiger partial charge in [-0.15, -0.1) is 0 Å². The predicted molar refractivity (Wildman–Crippen MR) is 89.7 cm³/mol. The van der Waals surface area contributed by atoms with Crippen molar-refractivity contribution < 1.29 is 0 Å². The van der Waals surface area contributed by atoms with Crippen molar-refractivity contribution in [3.8, 4) is 0 Å². The normalized spacial score (nSPS) is 27.6. The van der Waals surface area contributed by atoms with Crippen LogP contribution in [0.5, 0.6) is 0 Å². The Morgan fingerprint density at radius 1 is 1.14 bits per heavy atom. The van der Waals surface area contributed by atoms with Gasteiger partial charge in [-0.25, -0.2) is 0 Å². The predicted octanol–water partition coefficient (Wildman–Crippen LogP) is 3.83. The average molecular weight is 286 g/mol. The Morgan fingerprint density at radius 3 is 2.71 bits per heavy atom. The van der Waals surface area contributed by atoms with E-state index >= 15 is 0 Å². The molecule has 1 aromatic rings. The lowest BCUT2D eigenvalue weighted by Crippen LogP contribution is -2.36. The van der Waals surface area contributed by atoms with E-state index in [0.29, 0.717) is 6.04 Å². The molecule has 1 aliphatic heterocycles. The molecule has 0 radical (unpaired) electrons. The van der Waals surface area contributed by atoms with Crippen LogP contribution in [0.4, 0.5) is 0 Å². The molecule has 2 heteroatoms. The second-order valence-corrected chi connectivity index (χ2v) is 7.22. The van der Waals surface area contributed by atoms with Gasteiger partial charge in [-0.05, 0) is 70.2 Å². The molecular weight excluding hydrogens is 256 g/mol. The highest BCUT2D eigenvalue weighted by Crippen LogP contribution is 2.36. The number of hydrogen-bond donors (Lipinski definition) is 1. The van der Waals surface area contributed by atoms with Crippen LogP contribution in [0.1, 0.15) is 54.8 Å². The highest BCUT2D eigenvalue weighted by Gasteiger charge is 2.31. The van der Waals surface area contributed by atoms with Crippen molar-refractivity contribution in [2.75, 3.05) is 20.1 Å². The quantitative estimate of drug-likeness (QED) is 0.905. The molecule has 2 atom stereocenters. The molecular formula is C19H30N2. The number of nitrogens with one attached hydrogen (secondary N) is 1. The Bertz CT molecular complexity index is 478. The summed E-state index contributed by atoms with van der Waals surface area (Å²) in [5.74, 6) is 0.749. The fraction of sp³-hybridized carbons (Fsp3) is 0.684. The van der Waals surface area contributed by atoms with Crippen LogP contribution in [0.25, 0.3) is 0 Å². The molecule has 1 aliphatic carbocycles. The van der Waals surface area contributed by atoms with Gasteiger partial charge in [0.25, 0.3) is 0 Å². The van der Waals surface area contributed by atoms with E-state index in [4.69, 9.17) is 0 Å². The number of aryl methyl sites for hydroxylation is 2. The third-order valence-electron chi connectivity index (χ3n) is 5.26. The minimum absolute atomic E-state index is 0.582. The molecule has 0 bridgehead atoms. The van der Waals surface area contributed by atoms with Gasteiger partial charge < -0.3 is 5.32 Å². The summed E-state index contributed by atoms with van der Waals surface area (Å²) in [5.41, 5.74) is 4.40. The number of hydrogen-bond acceptors (Lipinski definition) is 2. The van der Waals surface area contributed by atoms with E-state index in [1.54, 1.807) is 5.56 Å². The molecule has 116 valence electrons. The Balaban J connectivity index is 1.85. The molecule has 1 saturated heterocycles. The fourth-order valence-corrected chi connectivity index (χ4v) is 3.81. The van der Waals surface area contributed by atoms with Crippen molar-refractivity contribution in [3.05, 3.63) is 34.9 Å². The summed E-state index contributed by atoms with van der Waals surface area (Å²) in [4.78, 5) is 2.61. The van der Waals surface area contributed by atoms with Crippen LogP contribution in [0.15, 0.2) is 18.2 Å². The topological polar surface area (TPSA) is 15.3 Å². The van der Waals surface area contributed by atoms with Gasteiger partial charge in [0, 0.05) is 18.6 Å². The first-order valence-electron chi connectivity index (χ1n) is 8.66. The Morgan fingerprint density at radius 2 is 1.95 bits per heavy atom. The summed E-state index contributed by atoms with van der Waals surface area (Å²) in [6.07, 6.45) is 6.86. The second-order valence-electron chi connectivity index (χ2n) is 7.22. The number of rotatable bonds is 4. The lowest BCUT2D eigenvalue weighted by molar-refractivity contribution is 0.188. The molecule has 1 saturated carbocycles. The maximum absolute atomic E-state index is 3.78. The van der Waals surface area contributed by atoms with Crippen molar-refractivity contribution in [2.45, 2.75) is 58.0 Å². The molecule has 1 N–H and O–H groups in total. The third-order valence-corrected chi connectivity index (χ3v) is 5.26. The van der Waals surface area contributed by atoms with E-state index in [1.807, 2.05) is 0 Å². The first-order valence-corrected chi connectivity index (χ1v) is 8.66. The van der Waals surface area contributed by atoms with Crippen LogP contribution in [0.3, 0.4) is 0 Å². The van der Waals surface area contributed by atoms with Crippen LogP contribution >= 0.6 is 0 Å². The zero-order valence-corrected chi connectivity index (χ0v) is 13.9. The molecule has 2 fully saturated rings. The molecule has 2 nitrogen and oxygen atoms in total. The summed E-state index contributed by atoms with van der Waals surface area (Å²) in [7, 11) is 2.32. The number of nitrogens with zero attached hydrogens (tertiary/aromatic N) is 1. The molecule has 3 rings (SSSR count). The third kappa shape index (κ3) is 3.67. The largest absolute Gasteiger partial charge is 0.314 e. The molecule has 1 aromatic carbocycles. The van der Waals surface area contributed by atoms with Crippen molar-refractivity contribution in [1.29, 1.82) is 0 Å². The maximum atomic E-state index is 3.78. The van der Waals surface area contributed by atoms with E-state index in [1.165, 1.54) is 56.3 Å². The van der Waals surface area contributed by atoms with Crippen molar-refractivity contribution in [3.63, 3.8) is 0 Å². The van der Waals surface area contributed by atoms with E-state index in [0.717, 1.165) is 12.0 Å². The van der Waals surface area contributed by atoms with Crippen molar-refractivity contribution in [2.24, 2.45) is 5.92 Å². The van der Waals surface area contributed by atoms with Crippen LogP contribution in [0, 0.1) is 19.8 Å². The van der Waals surface area contributed by atoms with E-state index in [-0.39, 0.29) is 0 Å². The number of likely N-dealkylation sites (tertiary alicyclic amines) is 1. The zero-order valence-electron chi connectivity index (χ0n) is 13.9. The summed E-state index contributed by atoms with van der Waals surface area (Å²) < 4.78 is 0. The lowest BCUT2D eigenvalue weighted by Gasteiger charge is -2.34. The molecule has 0 aromatic heterocycles. The van der Waals surface area contributed by atoms with Crippen LogP contribution < -0.4 is 5.32 Å². The first-order chi connectivity index (χ1) is 10.1. The molecule has 2 aliphatic rings. The van der Waals surface area contributed by atoms with Crippen molar-refractivity contribution in [1.82, 2.24) is 10.2 Å². The standard InChI is InChI=1S/C19H30N2/c1-14-7-8-15(2)18(12-14)19-16(13-20-17-9-10-17)6-4-5-11-21(19)3/h7-8,12,16-17,19-20H,4-6,9-11,13H2,1-3H3. The fourth-order valence-electron chi connectivity index (χ4n) is 3.81. The minimum Gasteiger partial charge on any atom is -0.314 e. The van der Waals surface area contributed by atoms with Gasteiger partial charge in [0.2, 0.25) is 0 Å². The van der Waals surface area contributed by atoms with E-state index in [2.05, 4.69) is 49.3 Å². The van der Waals surface area contributed by atoms with E-state index in [9.17, 15) is 0 Å². The van der Waals surface area contributed by atoms with Gasteiger partial charge in [-0.2, -0.15) is 0 Å². The SMILES string of the molecule is Cc1ccc(C)c(C2C(CNC3CC3)CCCCN2C)c1. The van der Waals surface area contributed by atoms with Gasteiger partial charge in [0.05, 0.1) is 0 Å². The molecule has 1 heterocycles. The van der Waals surface area contributed by atoms with Gasteiger partial charge in [0.1, 0.15) is 0 Å². The highest BCUT2D eigenvalue weighted by molar-refractivity contribution is 5.33. The Kier molecular flexibility index (Phi) is 4.66. The highest BCUT2D eigenvalue weighted by atomic mass is 15.1. The minimum atomic E-state index is 0.582. The Labute approximate surface area is 129 Å². The Hall–Kier alpha value is -0.860. The van der Waals surface area contributed by atoms with Gasteiger partial charge >= 0.3 is 0 Å². The van der Waals surface area contributed by atoms with Crippen LogP contribution in [0.2, 0.25) is 0 Å².